The second kappa shape index (κ2) is 7.93. The van der Waals surface area contributed by atoms with Crippen molar-refractivity contribution in [2.45, 2.75) is 52.0 Å². The lowest BCUT2D eigenvalue weighted by atomic mass is 10.1. The Hall–Kier alpha value is -1.99. The van der Waals surface area contributed by atoms with E-state index in [0.29, 0.717) is 25.2 Å². The Morgan fingerprint density at radius 2 is 2.24 bits per heavy atom. The number of hydrogen-bond acceptors (Lipinski definition) is 6. The number of benzene rings is 1. The SMILES string of the molecule is Cc1cc(N)ccc1NC(O)CC1CNCCN1C(=O)OC(C)(C)C. The Balaban J connectivity index is 1.99. The maximum absolute atomic E-state index is 12.4. The molecule has 0 aliphatic carbocycles. The van der Waals surface area contributed by atoms with E-state index in [1.165, 1.54) is 0 Å². The largest absolute Gasteiger partial charge is 0.444 e. The summed E-state index contributed by atoms with van der Waals surface area (Å²) < 4.78 is 5.48. The molecule has 7 nitrogen and oxygen atoms in total. The molecule has 5 N–H and O–H groups in total. The summed E-state index contributed by atoms with van der Waals surface area (Å²) in [6.45, 7) is 9.38. The van der Waals surface area contributed by atoms with E-state index < -0.39 is 11.8 Å². The molecule has 1 amide bonds. The molecule has 2 rings (SSSR count). The van der Waals surface area contributed by atoms with Crippen LogP contribution in [0, 0.1) is 6.92 Å². The summed E-state index contributed by atoms with van der Waals surface area (Å²) in [6.07, 6.45) is -0.720. The van der Waals surface area contributed by atoms with Crippen LogP contribution in [-0.2, 0) is 4.74 Å². The minimum absolute atomic E-state index is 0.139. The van der Waals surface area contributed by atoms with Crippen molar-refractivity contribution in [3.05, 3.63) is 23.8 Å². The van der Waals surface area contributed by atoms with Crippen LogP contribution >= 0.6 is 0 Å². The third-order valence-electron chi connectivity index (χ3n) is 4.05. The lowest BCUT2D eigenvalue weighted by molar-refractivity contribution is 0.00666. The van der Waals surface area contributed by atoms with Crippen molar-refractivity contribution < 1.29 is 14.6 Å². The van der Waals surface area contributed by atoms with Crippen LogP contribution in [0.4, 0.5) is 16.2 Å². The molecule has 0 aromatic heterocycles. The molecule has 7 heteroatoms. The second-order valence-corrected chi connectivity index (χ2v) is 7.50. The highest BCUT2D eigenvalue weighted by atomic mass is 16.6. The first kappa shape index (κ1) is 19.3. The van der Waals surface area contributed by atoms with Crippen molar-refractivity contribution in [1.29, 1.82) is 0 Å². The quantitative estimate of drug-likeness (QED) is 0.489. The van der Waals surface area contributed by atoms with Crippen LogP contribution in [0.5, 0.6) is 0 Å². The van der Waals surface area contributed by atoms with E-state index in [2.05, 4.69) is 10.6 Å². The monoisotopic (exact) mass is 350 g/mol. The highest BCUT2D eigenvalue weighted by Crippen LogP contribution is 2.21. The zero-order chi connectivity index (χ0) is 18.6. The number of nitrogens with two attached hydrogens (primary N) is 1. The summed E-state index contributed by atoms with van der Waals surface area (Å²) in [4.78, 5) is 14.1. The van der Waals surface area contributed by atoms with E-state index in [9.17, 15) is 9.90 Å². The Labute approximate surface area is 149 Å². The van der Waals surface area contributed by atoms with Crippen LogP contribution in [0.3, 0.4) is 0 Å². The maximum atomic E-state index is 12.4. The van der Waals surface area contributed by atoms with Gasteiger partial charge in [-0.15, -0.1) is 0 Å². The second-order valence-electron chi connectivity index (χ2n) is 7.50. The highest BCUT2D eigenvalue weighted by molar-refractivity contribution is 5.68. The number of nitrogen functional groups attached to an aromatic ring is 1. The molecule has 2 atom stereocenters. The molecule has 1 aliphatic heterocycles. The van der Waals surface area contributed by atoms with E-state index in [-0.39, 0.29) is 12.1 Å². The average Bonchev–Trinajstić information content (AvgIpc) is 2.49. The van der Waals surface area contributed by atoms with Crippen LogP contribution in [0.15, 0.2) is 18.2 Å². The Bertz CT molecular complexity index is 600. The molecule has 0 radical (unpaired) electrons. The predicted octanol–water partition coefficient (Wildman–Crippen LogP) is 1.91. The van der Waals surface area contributed by atoms with Crippen molar-refractivity contribution >= 4 is 17.5 Å². The zero-order valence-electron chi connectivity index (χ0n) is 15.5. The van der Waals surface area contributed by atoms with Crippen molar-refractivity contribution in [2.24, 2.45) is 0 Å². The number of carbonyl (C=O) groups is 1. The van der Waals surface area contributed by atoms with Gasteiger partial charge in [0.1, 0.15) is 11.8 Å². The van der Waals surface area contributed by atoms with Gasteiger partial charge in [0, 0.05) is 37.4 Å². The van der Waals surface area contributed by atoms with Gasteiger partial charge in [-0.2, -0.15) is 0 Å². The number of nitrogens with one attached hydrogen (secondary N) is 2. The van der Waals surface area contributed by atoms with Gasteiger partial charge in [-0.25, -0.2) is 4.79 Å². The lowest BCUT2D eigenvalue weighted by Gasteiger charge is -2.38. The smallest absolute Gasteiger partial charge is 0.410 e. The zero-order valence-corrected chi connectivity index (χ0v) is 15.5. The van der Waals surface area contributed by atoms with Crippen LogP contribution in [0.1, 0.15) is 32.8 Å². The molecule has 0 saturated carbocycles. The van der Waals surface area contributed by atoms with Gasteiger partial charge in [0.2, 0.25) is 0 Å². The first-order chi connectivity index (χ1) is 11.7. The van der Waals surface area contributed by atoms with Gasteiger partial charge in [-0.3, -0.25) is 0 Å². The Morgan fingerprint density at radius 3 is 2.88 bits per heavy atom. The summed E-state index contributed by atoms with van der Waals surface area (Å²) in [5.41, 5.74) is 7.69. The molecule has 1 aliphatic rings. The van der Waals surface area contributed by atoms with Crippen LogP contribution in [0.2, 0.25) is 0 Å². The number of aliphatic hydroxyl groups excluding tert-OH is 1. The Kier molecular flexibility index (Phi) is 6.13. The molecular formula is C18H30N4O3. The van der Waals surface area contributed by atoms with E-state index in [1.54, 1.807) is 11.0 Å². The van der Waals surface area contributed by atoms with Gasteiger partial charge < -0.3 is 31.1 Å². The summed E-state index contributed by atoms with van der Waals surface area (Å²) >= 11 is 0. The van der Waals surface area contributed by atoms with Gasteiger partial charge in [0.25, 0.3) is 0 Å². The van der Waals surface area contributed by atoms with Gasteiger partial charge in [0.05, 0.1) is 6.04 Å². The molecule has 140 valence electrons. The minimum Gasteiger partial charge on any atom is -0.444 e. The predicted molar refractivity (Wildman–Crippen MR) is 99.4 cm³/mol. The molecule has 0 bridgehead atoms. The summed E-state index contributed by atoms with van der Waals surface area (Å²) in [7, 11) is 0. The summed E-state index contributed by atoms with van der Waals surface area (Å²) in [5.74, 6) is 0. The first-order valence-corrected chi connectivity index (χ1v) is 8.67. The fourth-order valence-electron chi connectivity index (χ4n) is 2.88. The van der Waals surface area contributed by atoms with Gasteiger partial charge in [-0.05, 0) is 51.5 Å². The fraction of sp³-hybridized carbons (Fsp3) is 0.611. The standard InChI is InChI=1S/C18H30N4O3/c1-12-9-13(19)5-6-15(12)21-16(23)10-14-11-20-7-8-22(14)17(24)25-18(2,3)4/h5-6,9,14,16,20-21,23H,7-8,10-11,19H2,1-4H3. The molecule has 1 aromatic rings. The normalized spacial score (nSPS) is 19.4. The minimum atomic E-state index is -0.780. The molecular weight excluding hydrogens is 320 g/mol. The number of piperazine rings is 1. The highest BCUT2D eigenvalue weighted by Gasteiger charge is 2.31. The number of ether oxygens (including phenoxy) is 1. The summed E-state index contributed by atoms with van der Waals surface area (Å²) in [5, 5.41) is 16.8. The van der Waals surface area contributed by atoms with Gasteiger partial charge >= 0.3 is 6.09 Å². The van der Waals surface area contributed by atoms with Gasteiger partial charge in [0.15, 0.2) is 0 Å². The number of aliphatic hydroxyl groups is 1. The molecule has 1 fully saturated rings. The van der Waals surface area contributed by atoms with E-state index in [0.717, 1.165) is 17.8 Å². The third kappa shape index (κ3) is 5.79. The number of nitrogens with zero attached hydrogens (tertiary/aromatic N) is 1. The molecule has 1 aromatic carbocycles. The number of rotatable bonds is 4. The number of amides is 1. The van der Waals surface area contributed by atoms with E-state index in [4.69, 9.17) is 10.5 Å². The van der Waals surface area contributed by atoms with Crippen LogP contribution in [-0.4, -0.2) is 53.6 Å². The van der Waals surface area contributed by atoms with Crippen LogP contribution < -0.4 is 16.4 Å². The molecule has 1 heterocycles. The number of anilines is 2. The molecule has 0 spiro atoms. The molecule has 2 unspecified atom stereocenters. The lowest BCUT2D eigenvalue weighted by Crippen LogP contribution is -2.56. The number of aryl methyl sites for hydroxylation is 1. The van der Waals surface area contributed by atoms with Crippen molar-refractivity contribution in [2.75, 3.05) is 30.7 Å². The van der Waals surface area contributed by atoms with Crippen LogP contribution in [0.25, 0.3) is 0 Å². The third-order valence-corrected chi connectivity index (χ3v) is 4.05. The number of carbonyl (C=O) groups excluding carboxylic acids is 1. The first-order valence-electron chi connectivity index (χ1n) is 8.67. The van der Waals surface area contributed by atoms with Crippen molar-refractivity contribution in [1.82, 2.24) is 10.2 Å². The number of hydrogen-bond donors (Lipinski definition) is 4. The van der Waals surface area contributed by atoms with E-state index >= 15 is 0 Å². The maximum Gasteiger partial charge on any atom is 0.410 e. The fourth-order valence-corrected chi connectivity index (χ4v) is 2.88. The molecule has 1 saturated heterocycles. The Morgan fingerprint density at radius 1 is 1.52 bits per heavy atom. The topological polar surface area (TPSA) is 99.9 Å². The van der Waals surface area contributed by atoms with Crippen molar-refractivity contribution in [3.8, 4) is 0 Å². The molecule has 25 heavy (non-hydrogen) atoms. The van der Waals surface area contributed by atoms with Gasteiger partial charge in [-0.1, -0.05) is 0 Å². The average molecular weight is 350 g/mol. The summed E-state index contributed by atoms with van der Waals surface area (Å²) in [6, 6.07) is 5.35. The van der Waals surface area contributed by atoms with Crippen molar-refractivity contribution in [3.63, 3.8) is 0 Å². The van der Waals surface area contributed by atoms with E-state index in [1.807, 2.05) is 39.8 Å².